The maximum atomic E-state index is 5.24. The van der Waals surface area contributed by atoms with E-state index in [9.17, 15) is 0 Å². The van der Waals surface area contributed by atoms with Crippen LogP contribution in [-0.4, -0.2) is 24.4 Å². The summed E-state index contributed by atoms with van der Waals surface area (Å²) in [6.07, 6.45) is 1.27. The van der Waals surface area contributed by atoms with Gasteiger partial charge >= 0.3 is 0 Å². The Morgan fingerprint density at radius 3 is 2.50 bits per heavy atom. The average Bonchev–Trinajstić information content (AvgIpc) is 2.82. The largest absolute Gasteiger partial charge is 0.496 e. The Morgan fingerprint density at radius 2 is 1.94 bits per heavy atom. The minimum Gasteiger partial charge on any atom is -0.496 e. The summed E-state index contributed by atoms with van der Waals surface area (Å²) in [7, 11) is 3.16. The minimum atomic E-state index is 0.403. The highest BCUT2D eigenvalue weighted by atomic mass is 79.9. The molecular formula is C10H9BrN2O3. The van der Waals surface area contributed by atoms with Gasteiger partial charge in [-0.1, -0.05) is 0 Å². The minimum absolute atomic E-state index is 0.403. The number of halogens is 1. The van der Waals surface area contributed by atoms with Gasteiger partial charge in [0.2, 0.25) is 6.39 Å². The van der Waals surface area contributed by atoms with E-state index in [1.165, 1.54) is 6.39 Å². The molecule has 0 aliphatic rings. The molecule has 1 heterocycles. The molecule has 0 N–H and O–H groups in total. The molecule has 0 saturated carbocycles. The van der Waals surface area contributed by atoms with Crippen LogP contribution < -0.4 is 9.47 Å². The zero-order valence-corrected chi connectivity index (χ0v) is 10.3. The van der Waals surface area contributed by atoms with Crippen molar-refractivity contribution in [1.82, 2.24) is 10.2 Å². The van der Waals surface area contributed by atoms with Crippen LogP contribution >= 0.6 is 15.9 Å². The van der Waals surface area contributed by atoms with Crippen LogP contribution in [0.3, 0.4) is 0 Å². The summed E-state index contributed by atoms with van der Waals surface area (Å²) in [6.45, 7) is 0. The van der Waals surface area contributed by atoms with E-state index >= 15 is 0 Å². The van der Waals surface area contributed by atoms with Crippen LogP contribution in [0.2, 0.25) is 0 Å². The molecule has 2 rings (SSSR count). The van der Waals surface area contributed by atoms with Gasteiger partial charge in [-0.3, -0.25) is 0 Å². The van der Waals surface area contributed by atoms with Crippen LogP contribution in [0.1, 0.15) is 0 Å². The van der Waals surface area contributed by atoms with Crippen molar-refractivity contribution in [2.45, 2.75) is 0 Å². The van der Waals surface area contributed by atoms with Gasteiger partial charge < -0.3 is 13.9 Å². The number of aromatic nitrogens is 2. The van der Waals surface area contributed by atoms with E-state index in [-0.39, 0.29) is 0 Å². The van der Waals surface area contributed by atoms with Crippen molar-refractivity contribution >= 4 is 15.9 Å². The van der Waals surface area contributed by atoms with E-state index in [4.69, 9.17) is 13.9 Å². The summed E-state index contributed by atoms with van der Waals surface area (Å²) < 4.78 is 16.3. The highest BCUT2D eigenvalue weighted by molar-refractivity contribution is 9.10. The SMILES string of the molecule is COc1cc(OC)c(-c2nnco2)cc1Br. The maximum Gasteiger partial charge on any atom is 0.251 e. The van der Waals surface area contributed by atoms with E-state index in [2.05, 4.69) is 26.1 Å². The standard InChI is InChI=1S/C10H9BrN2O3/c1-14-8-4-9(15-2)7(11)3-6(8)10-13-12-5-16-10/h3-5H,1-2H3. The summed E-state index contributed by atoms with van der Waals surface area (Å²) in [6, 6.07) is 3.56. The second-order valence-electron chi connectivity index (χ2n) is 2.93. The Hall–Kier alpha value is -1.56. The van der Waals surface area contributed by atoms with Gasteiger partial charge in [0.1, 0.15) is 11.5 Å². The average molecular weight is 285 g/mol. The first-order valence-corrected chi connectivity index (χ1v) is 5.23. The number of rotatable bonds is 3. The highest BCUT2D eigenvalue weighted by Crippen LogP contribution is 2.37. The Kier molecular flexibility index (Phi) is 3.09. The van der Waals surface area contributed by atoms with Crippen LogP contribution in [-0.2, 0) is 0 Å². The molecule has 0 aliphatic heterocycles. The lowest BCUT2D eigenvalue weighted by atomic mass is 10.2. The van der Waals surface area contributed by atoms with Crippen LogP contribution in [0.25, 0.3) is 11.5 Å². The van der Waals surface area contributed by atoms with Gasteiger partial charge in [0.25, 0.3) is 5.89 Å². The van der Waals surface area contributed by atoms with Gasteiger partial charge in [-0.15, -0.1) is 10.2 Å². The molecule has 0 unspecified atom stereocenters. The van der Waals surface area contributed by atoms with Gasteiger partial charge in [-0.2, -0.15) is 0 Å². The van der Waals surface area contributed by atoms with Crippen LogP contribution in [0.5, 0.6) is 11.5 Å². The molecule has 2 aromatic rings. The molecule has 0 atom stereocenters. The van der Waals surface area contributed by atoms with E-state index in [1.54, 1.807) is 20.3 Å². The Balaban J connectivity index is 2.57. The highest BCUT2D eigenvalue weighted by Gasteiger charge is 2.14. The van der Waals surface area contributed by atoms with Crippen molar-refractivity contribution in [3.8, 4) is 23.0 Å². The van der Waals surface area contributed by atoms with Gasteiger partial charge in [0.15, 0.2) is 0 Å². The molecule has 0 amide bonds. The Morgan fingerprint density at radius 1 is 1.19 bits per heavy atom. The normalized spacial score (nSPS) is 10.2. The molecular weight excluding hydrogens is 276 g/mol. The fourth-order valence-electron chi connectivity index (χ4n) is 1.32. The zero-order valence-electron chi connectivity index (χ0n) is 8.73. The van der Waals surface area contributed by atoms with Crippen LogP contribution in [0.4, 0.5) is 0 Å². The summed E-state index contributed by atoms with van der Waals surface area (Å²) in [5.74, 6) is 1.70. The first-order valence-electron chi connectivity index (χ1n) is 4.44. The number of methoxy groups -OCH3 is 2. The van der Waals surface area contributed by atoms with Crippen molar-refractivity contribution in [1.29, 1.82) is 0 Å². The third kappa shape index (κ3) is 1.88. The lowest BCUT2D eigenvalue weighted by molar-refractivity contribution is 0.392. The smallest absolute Gasteiger partial charge is 0.251 e. The first-order chi connectivity index (χ1) is 7.76. The lowest BCUT2D eigenvalue weighted by Gasteiger charge is -2.09. The van der Waals surface area contributed by atoms with E-state index in [0.717, 1.165) is 4.47 Å². The fourth-order valence-corrected chi connectivity index (χ4v) is 1.82. The zero-order chi connectivity index (χ0) is 11.5. The van der Waals surface area contributed by atoms with Crippen LogP contribution in [0.15, 0.2) is 27.4 Å². The molecule has 0 saturated heterocycles. The third-order valence-electron chi connectivity index (χ3n) is 2.06. The second-order valence-corrected chi connectivity index (χ2v) is 3.79. The molecule has 6 heteroatoms. The lowest BCUT2D eigenvalue weighted by Crippen LogP contribution is -1.92. The molecule has 0 bridgehead atoms. The molecule has 84 valence electrons. The predicted octanol–water partition coefficient (Wildman–Crippen LogP) is 2.52. The quantitative estimate of drug-likeness (QED) is 0.867. The van der Waals surface area contributed by atoms with Gasteiger partial charge in [0.05, 0.1) is 24.3 Å². The van der Waals surface area contributed by atoms with Crippen molar-refractivity contribution in [3.05, 3.63) is 23.0 Å². The summed E-state index contributed by atoms with van der Waals surface area (Å²) >= 11 is 3.39. The summed E-state index contributed by atoms with van der Waals surface area (Å²) in [5.41, 5.74) is 0.715. The molecule has 0 aliphatic carbocycles. The molecule has 1 aromatic carbocycles. The van der Waals surface area contributed by atoms with Crippen molar-refractivity contribution in [2.24, 2.45) is 0 Å². The van der Waals surface area contributed by atoms with Crippen molar-refractivity contribution < 1.29 is 13.9 Å². The number of ether oxygens (including phenoxy) is 2. The molecule has 1 aromatic heterocycles. The monoisotopic (exact) mass is 284 g/mol. The third-order valence-corrected chi connectivity index (χ3v) is 2.68. The number of hydrogen-bond donors (Lipinski definition) is 0. The molecule has 5 nitrogen and oxygen atoms in total. The van der Waals surface area contributed by atoms with Crippen molar-refractivity contribution in [3.63, 3.8) is 0 Å². The Bertz CT molecular complexity index is 485. The topological polar surface area (TPSA) is 57.4 Å². The molecule has 0 fully saturated rings. The van der Waals surface area contributed by atoms with Crippen LogP contribution in [0, 0.1) is 0 Å². The van der Waals surface area contributed by atoms with E-state index in [0.29, 0.717) is 23.0 Å². The van der Waals surface area contributed by atoms with Gasteiger partial charge in [-0.05, 0) is 22.0 Å². The van der Waals surface area contributed by atoms with Crippen molar-refractivity contribution in [2.75, 3.05) is 14.2 Å². The molecule has 0 radical (unpaired) electrons. The second kappa shape index (κ2) is 4.52. The van der Waals surface area contributed by atoms with E-state index in [1.807, 2.05) is 6.07 Å². The summed E-state index contributed by atoms with van der Waals surface area (Å²) in [4.78, 5) is 0. The predicted molar refractivity (Wildman–Crippen MR) is 60.5 cm³/mol. The Labute approximate surface area is 101 Å². The maximum absolute atomic E-state index is 5.24. The number of nitrogens with zero attached hydrogens (tertiary/aromatic N) is 2. The van der Waals surface area contributed by atoms with E-state index < -0.39 is 0 Å². The summed E-state index contributed by atoms with van der Waals surface area (Å²) in [5, 5.41) is 7.46. The fraction of sp³-hybridized carbons (Fsp3) is 0.200. The molecule has 16 heavy (non-hydrogen) atoms. The van der Waals surface area contributed by atoms with Gasteiger partial charge in [0, 0.05) is 6.07 Å². The number of hydrogen-bond acceptors (Lipinski definition) is 5. The number of benzene rings is 1. The van der Waals surface area contributed by atoms with Gasteiger partial charge in [-0.25, -0.2) is 0 Å². The molecule has 0 spiro atoms. The first kappa shape index (κ1) is 10.9.